The molecule has 1 heterocycles. The third-order valence-corrected chi connectivity index (χ3v) is 4.75. The van der Waals surface area contributed by atoms with Gasteiger partial charge in [0.15, 0.2) is 0 Å². The van der Waals surface area contributed by atoms with E-state index in [1.54, 1.807) is 18.4 Å². The molecule has 2 rings (SSSR count). The Hall–Kier alpha value is -1.03. The SMILES string of the molecule is CCNC(c1cc(OC)cs1)c1cc(C)c(C)cc1Cl. The first kappa shape index (κ1) is 15.4. The van der Waals surface area contributed by atoms with Crippen LogP contribution in [-0.4, -0.2) is 13.7 Å². The van der Waals surface area contributed by atoms with E-state index in [4.69, 9.17) is 16.3 Å². The third kappa shape index (κ3) is 3.17. The number of hydrogen-bond donors (Lipinski definition) is 1. The van der Waals surface area contributed by atoms with Crippen LogP contribution < -0.4 is 10.1 Å². The number of hydrogen-bond acceptors (Lipinski definition) is 3. The van der Waals surface area contributed by atoms with Gasteiger partial charge in [-0.3, -0.25) is 0 Å². The summed E-state index contributed by atoms with van der Waals surface area (Å²) in [6.45, 7) is 7.19. The lowest BCUT2D eigenvalue weighted by atomic mass is 9.99. The van der Waals surface area contributed by atoms with E-state index in [1.165, 1.54) is 16.0 Å². The van der Waals surface area contributed by atoms with Gasteiger partial charge in [-0.1, -0.05) is 24.6 Å². The first-order chi connectivity index (χ1) is 9.56. The molecule has 0 aliphatic rings. The van der Waals surface area contributed by atoms with Crippen molar-refractivity contribution < 1.29 is 4.74 Å². The highest BCUT2D eigenvalue weighted by molar-refractivity contribution is 7.10. The monoisotopic (exact) mass is 309 g/mol. The van der Waals surface area contributed by atoms with E-state index in [2.05, 4.69) is 38.2 Å². The molecule has 108 valence electrons. The molecule has 0 saturated heterocycles. The van der Waals surface area contributed by atoms with Gasteiger partial charge in [-0.25, -0.2) is 0 Å². The Balaban J connectivity index is 2.45. The van der Waals surface area contributed by atoms with Gasteiger partial charge in [-0.15, -0.1) is 11.3 Å². The van der Waals surface area contributed by atoms with Crippen molar-refractivity contribution in [2.75, 3.05) is 13.7 Å². The molecule has 0 radical (unpaired) electrons. The van der Waals surface area contributed by atoms with E-state index in [1.807, 2.05) is 11.4 Å². The van der Waals surface area contributed by atoms with Gasteiger partial charge in [0.25, 0.3) is 0 Å². The summed E-state index contributed by atoms with van der Waals surface area (Å²) in [5.74, 6) is 0.896. The number of aryl methyl sites for hydroxylation is 2. The summed E-state index contributed by atoms with van der Waals surface area (Å²) in [6, 6.07) is 6.41. The van der Waals surface area contributed by atoms with E-state index in [0.717, 1.165) is 22.9 Å². The van der Waals surface area contributed by atoms with Crippen molar-refractivity contribution in [3.63, 3.8) is 0 Å². The Bertz CT molecular complexity index is 594. The van der Waals surface area contributed by atoms with Gasteiger partial charge >= 0.3 is 0 Å². The number of benzene rings is 1. The molecule has 1 N–H and O–H groups in total. The Morgan fingerprint density at radius 3 is 2.55 bits per heavy atom. The summed E-state index contributed by atoms with van der Waals surface area (Å²) in [7, 11) is 1.69. The quantitative estimate of drug-likeness (QED) is 0.862. The third-order valence-electron chi connectivity index (χ3n) is 3.45. The smallest absolute Gasteiger partial charge is 0.129 e. The lowest BCUT2D eigenvalue weighted by Gasteiger charge is -2.19. The predicted molar refractivity (Wildman–Crippen MR) is 87.3 cm³/mol. The molecule has 2 nitrogen and oxygen atoms in total. The molecule has 0 fully saturated rings. The molecule has 0 bridgehead atoms. The van der Waals surface area contributed by atoms with Crippen molar-refractivity contribution in [3.05, 3.63) is 50.2 Å². The van der Waals surface area contributed by atoms with Crippen molar-refractivity contribution in [2.24, 2.45) is 0 Å². The minimum absolute atomic E-state index is 0.112. The molecular weight excluding hydrogens is 290 g/mol. The number of methoxy groups -OCH3 is 1. The maximum absolute atomic E-state index is 6.46. The van der Waals surface area contributed by atoms with Crippen molar-refractivity contribution in [1.29, 1.82) is 0 Å². The molecule has 0 spiro atoms. The van der Waals surface area contributed by atoms with Crippen LogP contribution in [0.15, 0.2) is 23.6 Å². The van der Waals surface area contributed by atoms with Gasteiger partial charge in [0.2, 0.25) is 0 Å². The van der Waals surface area contributed by atoms with Gasteiger partial charge in [-0.2, -0.15) is 0 Å². The number of ether oxygens (including phenoxy) is 1. The first-order valence-corrected chi connectivity index (χ1v) is 7.95. The van der Waals surface area contributed by atoms with Crippen LogP contribution in [-0.2, 0) is 0 Å². The zero-order valence-corrected chi connectivity index (χ0v) is 13.9. The summed E-state index contributed by atoms with van der Waals surface area (Å²) in [6.07, 6.45) is 0. The number of halogens is 1. The van der Waals surface area contributed by atoms with Gasteiger partial charge < -0.3 is 10.1 Å². The Kier molecular flexibility index (Phi) is 5.08. The van der Waals surface area contributed by atoms with Crippen LogP contribution in [0.2, 0.25) is 5.02 Å². The molecule has 0 aliphatic carbocycles. The Morgan fingerprint density at radius 1 is 1.25 bits per heavy atom. The second kappa shape index (κ2) is 6.61. The van der Waals surface area contributed by atoms with E-state index in [9.17, 15) is 0 Å². The Labute approximate surface area is 129 Å². The topological polar surface area (TPSA) is 21.3 Å². The van der Waals surface area contributed by atoms with Gasteiger partial charge in [0, 0.05) is 15.3 Å². The van der Waals surface area contributed by atoms with Crippen LogP contribution >= 0.6 is 22.9 Å². The molecule has 0 saturated carbocycles. The second-order valence-corrected chi connectivity index (χ2v) is 6.19. The van der Waals surface area contributed by atoms with E-state index >= 15 is 0 Å². The molecule has 0 amide bonds. The number of thiophene rings is 1. The maximum Gasteiger partial charge on any atom is 0.129 e. The van der Waals surface area contributed by atoms with Crippen LogP contribution in [0.3, 0.4) is 0 Å². The lowest BCUT2D eigenvalue weighted by Crippen LogP contribution is -2.21. The summed E-state index contributed by atoms with van der Waals surface area (Å²) in [5, 5.41) is 6.34. The average Bonchev–Trinajstić information content (AvgIpc) is 2.89. The fourth-order valence-electron chi connectivity index (χ4n) is 2.19. The van der Waals surface area contributed by atoms with E-state index < -0.39 is 0 Å². The second-order valence-electron chi connectivity index (χ2n) is 4.84. The minimum Gasteiger partial charge on any atom is -0.496 e. The van der Waals surface area contributed by atoms with E-state index in [0.29, 0.717) is 0 Å². The predicted octanol–water partition coefficient (Wildman–Crippen LogP) is 4.73. The van der Waals surface area contributed by atoms with Crippen molar-refractivity contribution in [2.45, 2.75) is 26.8 Å². The molecule has 1 atom stereocenters. The zero-order chi connectivity index (χ0) is 14.7. The van der Waals surface area contributed by atoms with Crippen molar-refractivity contribution in [3.8, 4) is 5.75 Å². The summed E-state index contributed by atoms with van der Waals surface area (Å²) < 4.78 is 5.28. The van der Waals surface area contributed by atoms with Crippen molar-refractivity contribution in [1.82, 2.24) is 5.32 Å². The minimum atomic E-state index is 0.112. The van der Waals surface area contributed by atoms with Crippen molar-refractivity contribution >= 4 is 22.9 Å². The number of nitrogens with one attached hydrogen (secondary N) is 1. The van der Waals surface area contributed by atoms with Crippen LogP contribution in [0.5, 0.6) is 5.75 Å². The summed E-state index contributed by atoms with van der Waals surface area (Å²) in [5.41, 5.74) is 3.61. The average molecular weight is 310 g/mol. The lowest BCUT2D eigenvalue weighted by molar-refractivity contribution is 0.416. The molecule has 1 aromatic carbocycles. The molecular formula is C16H20ClNOS. The highest BCUT2D eigenvalue weighted by atomic mass is 35.5. The Morgan fingerprint density at radius 2 is 1.95 bits per heavy atom. The largest absolute Gasteiger partial charge is 0.496 e. The van der Waals surface area contributed by atoms with Gasteiger partial charge in [0.1, 0.15) is 5.75 Å². The molecule has 20 heavy (non-hydrogen) atoms. The van der Waals surface area contributed by atoms with Crippen LogP contribution in [0.1, 0.15) is 34.5 Å². The molecule has 2 aromatic rings. The zero-order valence-electron chi connectivity index (χ0n) is 12.3. The standard InChI is InChI=1S/C16H20ClNOS/c1-5-18-16(15-8-12(19-4)9-20-15)13-6-10(2)11(3)7-14(13)17/h6-9,16,18H,5H2,1-4H3. The van der Waals surface area contributed by atoms with Crippen LogP contribution in [0.4, 0.5) is 0 Å². The molecule has 1 aromatic heterocycles. The highest BCUT2D eigenvalue weighted by Gasteiger charge is 2.19. The normalized spacial score (nSPS) is 12.4. The number of rotatable bonds is 5. The summed E-state index contributed by atoms with van der Waals surface area (Å²) in [4.78, 5) is 1.22. The van der Waals surface area contributed by atoms with Gasteiger partial charge in [0.05, 0.1) is 13.2 Å². The van der Waals surface area contributed by atoms with Gasteiger partial charge in [-0.05, 0) is 49.2 Å². The van der Waals surface area contributed by atoms with Crippen LogP contribution in [0.25, 0.3) is 0 Å². The first-order valence-electron chi connectivity index (χ1n) is 6.69. The molecule has 0 aliphatic heterocycles. The molecule has 1 unspecified atom stereocenters. The van der Waals surface area contributed by atoms with E-state index in [-0.39, 0.29) is 6.04 Å². The molecule has 4 heteroatoms. The fraction of sp³-hybridized carbons (Fsp3) is 0.375. The maximum atomic E-state index is 6.46. The highest BCUT2D eigenvalue weighted by Crippen LogP contribution is 2.35. The fourth-order valence-corrected chi connectivity index (χ4v) is 3.46. The summed E-state index contributed by atoms with van der Waals surface area (Å²) >= 11 is 8.15. The van der Waals surface area contributed by atoms with Crippen LogP contribution in [0, 0.1) is 13.8 Å².